The van der Waals surface area contributed by atoms with Crippen LogP contribution in [0.3, 0.4) is 0 Å². The molecule has 8 heteroatoms. The van der Waals surface area contributed by atoms with Crippen LogP contribution in [0, 0.1) is 0 Å². The van der Waals surface area contributed by atoms with E-state index < -0.39 is 0 Å². The SMILES string of the molecule is COc1ccc2c(c1CN1CCNC[C@H]1C)OC(=Cc1n[nH]c3ncccc13)C2=O. The lowest BCUT2D eigenvalue weighted by atomic mass is 10.0. The van der Waals surface area contributed by atoms with Crippen LogP contribution in [0.5, 0.6) is 11.5 Å². The molecule has 2 N–H and O–H groups in total. The van der Waals surface area contributed by atoms with Crippen molar-refractivity contribution < 1.29 is 14.3 Å². The minimum Gasteiger partial charge on any atom is -0.496 e. The number of rotatable bonds is 4. The van der Waals surface area contributed by atoms with Gasteiger partial charge in [0.2, 0.25) is 5.78 Å². The van der Waals surface area contributed by atoms with E-state index in [1.54, 1.807) is 25.4 Å². The molecule has 154 valence electrons. The number of hydrogen-bond donors (Lipinski definition) is 2. The first-order chi connectivity index (χ1) is 14.7. The normalized spacial score (nSPS) is 20.5. The van der Waals surface area contributed by atoms with Crippen LogP contribution in [0.25, 0.3) is 17.1 Å². The Morgan fingerprint density at radius 3 is 3.10 bits per heavy atom. The fourth-order valence-corrected chi connectivity index (χ4v) is 4.06. The molecule has 0 unspecified atom stereocenters. The van der Waals surface area contributed by atoms with Crippen molar-refractivity contribution in [1.82, 2.24) is 25.4 Å². The Hall–Kier alpha value is -3.23. The number of pyridine rings is 1. The van der Waals surface area contributed by atoms with Crippen LogP contribution in [-0.2, 0) is 6.54 Å². The van der Waals surface area contributed by atoms with Gasteiger partial charge in [0.25, 0.3) is 0 Å². The zero-order valence-corrected chi connectivity index (χ0v) is 16.9. The second kappa shape index (κ2) is 7.55. The summed E-state index contributed by atoms with van der Waals surface area (Å²) in [6.07, 6.45) is 3.37. The number of ether oxygens (including phenoxy) is 2. The van der Waals surface area contributed by atoms with Crippen molar-refractivity contribution in [3.63, 3.8) is 0 Å². The van der Waals surface area contributed by atoms with Crippen LogP contribution >= 0.6 is 0 Å². The summed E-state index contributed by atoms with van der Waals surface area (Å²) in [5, 5.41) is 11.4. The summed E-state index contributed by atoms with van der Waals surface area (Å²) in [5.74, 6) is 1.41. The molecule has 0 radical (unpaired) electrons. The van der Waals surface area contributed by atoms with Gasteiger partial charge >= 0.3 is 0 Å². The zero-order valence-electron chi connectivity index (χ0n) is 16.9. The molecule has 1 fully saturated rings. The van der Waals surface area contributed by atoms with Crippen molar-refractivity contribution in [2.24, 2.45) is 0 Å². The second-order valence-electron chi connectivity index (χ2n) is 7.59. The molecule has 0 amide bonds. The van der Waals surface area contributed by atoms with Gasteiger partial charge in [-0.3, -0.25) is 14.8 Å². The number of H-pyrrole nitrogens is 1. The highest BCUT2D eigenvalue weighted by atomic mass is 16.5. The highest BCUT2D eigenvalue weighted by Crippen LogP contribution is 2.41. The molecule has 30 heavy (non-hydrogen) atoms. The van der Waals surface area contributed by atoms with Gasteiger partial charge in [-0.15, -0.1) is 0 Å². The van der Waals surface area contributed by atoms with Crippen LogP contribution < -0.4 is 14.8 Å². The van der Waals surface area contributed by atoms with E-state index in [0.29, 0.717) is 35.2 Å². The van der Waals surface area contributed by atoms with E-state index in [1.165, 1.54) is 0 Å². The van der Waals surface area contributed by atoms with E-state index >= 15 is 0 Å². The number of carbonyl (C=O) groups is 1. The molecule has 8 nitrogen and oxygen atoms in total. The van der Waals surface area contributed by atoms with Gasteiger partial charge in [0, 0.05) is 49.9 Å². The Kier molecular flexibility index (Phi) is 4.72. The number of nitrogens with zero attached hydrogens (tertiary/aromatic N) is 3. The standard InChI is InChI=1S/C22H23N5O3/c1-13-11-23-8-9-27(13)12-16-18(29-2)6-5-15-20(28)19(30-21(15)16)10-17-14-4-3-7-24-22(14)26-25-17/h3-7,10,13,23H,8-9,11-12H2,1-2H3,(H,24,25,26)/t13-/m1/s1. The number of fused-ring (bicyclic) bond motifs is 2. The number of allylic oxidation sites excluding steroid dienone is 1. The Morgan fingerprint density at radius 2 is 2.27 bits per heavy atom. The molecule has 1 aromatic carbocycles. The molecular formula is C22H23N5O3. The van der Waals surface area contributed by atoms with Gasteiger partial charge in [-0.05, 0) is 31.2 Å². The van der Waals surface area contributed by atoms with Crippen LogP contribution in [0.1, 0.15) is 28.5 Å². The number of aromatic nitrogens is 3. The maximum absolute atomic E-state index is 13.1. The number of aromatic amines is 1. The number of carbonyl (C=O) groups excluding carboxylic acids is 1. The third kappa shape index (κ3) is 3.14. The number of hydrogen-bond acceptors (Lipinski definition) is 7. The van der Waals surface area contributed by atoms with Gasteiger partial charge in [-0.1, -0.05) is 0 Å². The predicted octanol–water partition coefficient (Wildman–Crippen LogP) is 2.38. The maximum Gasteiger partial charge on any atom is 0.232 e. The van der Waals surface area contributed by atoms with Crippen LogP contribution in [0.15, 0.2) is 36.2 Å². The summed E-state index contributed by atoms with van der Waals surface area (Å²) in [6, 6.07) is 7.74. The Balaban J connectivity index is 1.52. The average Bonchev–Trinajstić information content (AvgIpc) is 3.32. The van der Waals surface area contributed by atoms with Gasteiger partial charge in [-0.25, -0.2) is 4.98 Å². The van der Waals surface area contributed by atoms with Crippen LogP contribution in [0.2, 0.25) is 0 Å². The lowest BCUT2D eigenvalue weighted by Crippen LogP contribution is -2.49. The van der Waals surface area contributed by atoms with Crippen LogP contribution in [-0.4, -0.2) is 58.7 Å². The lowest BCUT2D eigenvalue weighted by Gasteiger charge is -2.34. The summed E-state index contributed by atoms with van der Waals surface area (Å²) in [4.78, 5) is 19.7. The first-order valence-electron chi connectivity index (χ1n) is 10.0. The smallest absolute Gasteiger partial charge is 0.232 e. The molecule has 2 aliphatic heterocycles. The number of ketones is 1. The molecular weight excluding hydrogens is 382 g/mol. The molecule has 0 aliphatic carbocycles. The van der Waals surface area contributed by atoms with Gasteiger partial charge in [-0.2, -0.15) is 5.10 Å². The average molecular weight is 405 g/mol. The molecule has 0 bridgehead atoms. The molecule has 3 aromatic rings. The monoisotopic (exact) mass is 405 g/mol. The maximum atomic E-state index is 13.1. The molecule has 2 aliphatic rings. The summed E-state index contributed by atoms with van der Waals surface area (Å²) in [7, 11) is 1.64. The summed E-state index contributed by atoms with van der Waals surface area (Å²) >= 11 is 0. The number of piperazine rings is 1. The van der Waals surface area contributed by atoms with E-state index in [1.807, 2.05) is 18.2 Å². The van der Waals surface area contributed by atoms with Gasteiger partial charge in [0.05, 0.1) is 23.9 Å². The van der Waals surface area contributed by atoms with E-state index in [0.717, 1.165) is 36.3 Å². The summed E-state index contributed by atoms with van der Waals surface area (Å²) in [5.41, 5.74) is 2.74. The first-order valence-corrected chi connectivity index (χ1v) is 10.0. The molecule has 4 heterocycles. The van der Waals surface area contributed by atoms with Crippen molar-refractivity contribution >= 4 is 22.9 Å². The fraction of sp³-hybridized carbons (Fsp3) is 0.318. The van der Waals surface area contributed by atoms with Gasteiger partial charge in [0.1, 0.15) is 11.5 Å². The van der Waals surface area contributed by atoms with E-state index in [-0.39, 0.29) is 11.5 Å². The zero-order chi connectivity index (χ0) is 20.7. The third-order valence-electron chi connectivity index (χ3n) is 5.75. The first kappa shape index (κ1) is 18.8. The van der Waals surface area contributed by atoms with Crippen molar-refractivity contribution in [3.05, 3.63) is 53.0 Å². The van der Waals surface area contributed by atoms with E-state index in [4.69, 9.17) is 9.47 Å². The van der Waals surface area contributed by atoms with Crippen molar-refractivity contribution in [2.75, 3.05) is 26.7 Å². The number of nitrogens with one attached hydrogen (secondary N) is 2. The van der Waals surface area contributed by atoms with E-state index in [9.17, 15) is 4.79 Å². The largest absolute Gasteiger partial charge is 0.496 e. The minimum atomic E-state index is -0.151. The topological polar surface area (TPSA) is 92.4 Å². The highest BCUT2D eigenvalue weighted by molar-refractivity contribution is 6.15. The molecule has 1 saturated heterocycles. The number of methoxy groups -OCH3 is 1. The number of Topliss-reactive ketones (excluding diaryl/α,β-unsaturated/α-hetero) is 1. The Labute approximate surface area is 173 Å². The second-order valence-corrected chi connectivity index (χ2v) is 7.59. The number of benzene rings is 1. The van der Waals surface area contributed by atoms with Gasteiger partial charge in [0.15, 0.2) is 11.4 Å². The Morgan fingerprint density at radius 1 is 1.37 bits per heavy atom. The molecule has 0 spiro atoms. The summed E-state index contributed by atoms with van der Waals surface area (Å²) in [6.45, 7) is 5.65. The van der Waals surface area contributed by atoms with Crippen molar-refractivity contribution in [2.45, 2.75) is 19.5 Å². The minimum absolute atomic E-state index is 0.151. The van der Waals surface area contributed by atoms with Crippen LogP contribution in [0.4, 0.5) is 0 Å². The Bertz CT molecular complexity index is 1150. The quantitative estimate of drug-likeness (QED) is 0.644. The van der Waals surface area contributed by atoms with Gasteiger partial charge < -0.3 is 14.8 Å². The lowest BCUT2D eigenvalue weighted by molar-refractivity contribution is 0.101. The predicted molar refractivity (Wildman–Crippen MR) is 113 cm³/mol. The van der Waals surface area contributed by atoms with Crippen molar-refractivity contribution in [1.29, 1.82) is 0 Å². The molecule has 1 atom stereocenters. The highest BCUT2D eigenvalue weighted by Gasteiger charge is 2.33. The summed E-state index contributed by atoms with van der Waals surface area (Å²) < 4.78 is 11.7. The third-order valence-corrected chi connectivity index (χ3v) is 5.75. The molecule has 0 saturated carbocycles. The van der Waals surface area contributed by atoms with E-state index in [2.05, 4.69) is 32.3 Å². The molecule has 2 aromatic heterocycles. The fourth-order valence-electron chi connectivity index (χ4n) is 4.06. The van der Waals surface area contributed by atoms with Crippen molar-refractivity contribution in [3.8, 4) is 11.5 Å². The molecule has 5 rings (SSSR count).